The van der Waals surface area contributed by atoms with E-state index >= 15 is 0 Å². The van der Waals surface area contributed by atoms with Crippen molar-refractivity contribution in [1.82, 2.24) is 14.3 Å². The molecule has 148 valence electrons. The van der Waals surface area contributed by atoms with E-state index in [1.165, 1.54) is 0 Å². The number of rotatable bonds is 3. The molecule has 2 fully saturated rings. The Morgan fingerprint density at radius 2 is 1.75 bits per heavy atom. The first-order chi connectivity index (χ1) is 13.6. The average molecular weight is 401 g/mol. The minimum atomic E-state index is -3.58. The first-order valence-corrected chi connectivity index (χ1v) is 11.4. The molecule has 28 heavy (non-hydrogen) atoms. The molecule has 0 N–H and O–H groups in total. The normalized spacial score (nSPS) is 27.1. The van der Waals surface area contributed by atoms with Gasteiger partial charge in [0.15, 0.2) is 0 Å². The Labute approximate surface area is 165 Å². The third-order valence-electron chi connectivity index (χ3n) is 5.86. The summed E-state index contributed by atoms with van der Waals surface area (Å²) in [5.41, 5.74) is 0. The molecule has 7 nitrogen and oxygen atoms in total. The summed E-state index contributed by atoms with van der Waals surface area (Å²) in [6, 6.07) is 8.67. The van der Waals surface area contributed by atoms with Crippen molar-refractivity contribution in [2.75, 3.05) is 24.5 Å². The molecule has 0 unspecified atom stereocenters. The summed E-state index contributed by atoms with van der Waals surface area (Å²) >= 11 is 0. The summed E-state index contributed by atoms with van der Waals surface area (Å²) in [5.74, 6) is 1.63. The van der Waals surface area contributed by atoms with Gasteiger partial charge in [0.25, 0.3) is 0 Å². The maximum absolute atomic E-state index is 13.5. The van der Waals surface area contributed by atoms with Gasteiger partial charge in [-0.15, -0.1) is 0 Å². The van der Waals surface area contributed by atoms with E-state index in [0.29, 0.717) is 42.0 Å². The first kappa shape index (κ1) is 17.9. The van der Waals surface area contributed by atoms with E-state index < -0.39 is 10.0 Å². The summed E-state index contributed by atoms with van der Waals surface area (Å²) < 4.78 is 35.1. The molecule has 3 aliphatic rings. The van der Waals surface area contributed by atoms with Gasteiger partial charge < -0.3 is 9.64 Å². The number of hydrogen-bond donors (Lipinski definition) is 0. The van der Waals surface area contributed by atoms with Crippen LogP contribution in [0, 0.1) is 5.92 Å². The number of para-hydroxylation sites is 1. The van der Waals surface area contributed by atoms with Gasteiger partial charge >= 0.3 is 0 Å². The summed E-state index contributed by atoms with van der Waals surface area (Å²) in [6.45, 7) is 2.04. The molecule has 2 aromatic rings. The molecule has 1 aromatic heterocycles. The maximum atomic E-state index is 13.5. The lowest BCUT2D eigenvalue weighted by atomic mass is 10.1. The van der Waals surface area contributed by atoms with E-state index in [-0.39, 0.29) is 12.1 Å². The van der Waals surface area contributed by atoms with Crippen molar-refractivity contribution in [2.24, 2.45) is 5.92 Å². The maximum Gasteiger partial charge on any atom is 0.247 e. The minimum Gasteiger partial charge on any atom is -0.487 e. The third-order valence-corrected chi connectivity index (χ3v) is 7.79. The van der Waals surface area contributed by atoms with E-state index in [9.17, 15) is 8.42 Å². The second kappa shape index (κ2) is 7.00. The Bertz CT molecular complexity index is 949. The molecule has 2 aliphatic heterocycles. The summed E-state index contributed by atoms with van der Waals surface area (Å²) in [7, 11) is -3.58. The molecule has 0 radical (unpaired) electrons. The van der Waals surface area contributed by atoms with Gasteiger partial charge in [-0.05, 0) is 43.4 Å². The van der Waals surface area contributed by atoms with Crippen molar-refractivity contribution in [1.29, 1.82) is 0 Å². The van der Waals surface area contributed by atoms with Gasteiger partial charge in [0.2, 0.25) is 16.0 Å². The number of benzene rings is 1. The Balaban J connectivity index is 1.50. The number of ether oxygens (including phenoxy) is 1. The fourth-order valence-electron chi connectivity index (χ4n) is 4.20. The van der Waals surface area contributed by atoms with E-state index in [1.54, 1.807) is 41.0 Å². The second-order valence-corrected chi connectivity index (χ2v) is 9.66. The highest BCUT2D eigenvalue weighted by atomic mass is 32.2. The van der Waals surface area contributed by atoms with Crippen LogP contribution in [0.15, 0.2) is 47.6 Å². The van der Waals surface area contributed by atoms with Crippen molar-refractivity contribution < 1.29 is 13.2 Å². The summed E-state index contributed by atoms with van der Waals surface area (Å²) in [6.07, 6.45) is 6.94. The van der Waals surface area contributed by atoms with Crippen LogP contribution in [0.3, 0.4) is 0 Å². The zero-order valence-electron chi connectivity index (χ0n) is 15.6. The molecular formula is C20H24N4O3S. The predicted molar refractivity (Wildman–Crippen MR) is 105 cm³/mol. The van der Waals surface area contributed by atoms with Crippen molar-refractivity contribution in [3.05, 3.63) is 42.7 Å². The van der Waals surface area contributed by atoms with E-state index in [0.717, 1.165) is 25.8 Å². The molecule has 8 heteroatoms. The molecule has 1 saturated carbocycles. The number of nitrogens with zero attached hydrogens (tertiary/aromatic N) is 4. The smallest absolute Gasteiger partial charge is 0.247 e. The van der Waals surface area contributed by atoms with Gasteiger partial charge in [-0.1, -0.05) is 12.1 Å². The SMILES string of the molecule is O=S1(=O)c2ccccc2O[C@H]2CCN(c3ncccn3)CC[C@@H]2N1CC1CC1. The topological polar surface area (TPSA) is 75.6 Å². The minimum absolute atomic E-state index is 0.174. The lowest BCUT2D eigenvalue weighted by Crippen LogP contribution is -2.48. The number of sulfonamides is 1. The van der Waals surface area contributed by atoms with Crippen LogP contribution in [0.2, 0.25) is 0 Å². The summed E-state index contributed by atoms with van der Waals surface area (Å²) in [5, 5.41) is 0. The van der Waals surface area contributed by atoms with Gasteiger partial charge in [-0.25, -0.2) is 18.4 Å². The van der Waals surface area contributed by atoms with Crippen LogP contribution in [-0.2, 0) is 10.0 Å². The Morgan fingerprint density at radius 1 is 1.00 bits per heavy atom. The first-order valence-electron chi connectivity index (χ1n) is 9.92. The molecule has 0 amide bonds. The van der Waals surface area contributed by atoms with Crippen LogP contribution >= 0.6 is 0 Å². The molecule has 1 aromatic carbocycles. The van der Waals surface area contributed by atoms with Gasteiger partial charge in [0.05, 0.1) is 6.04 Å². The molecule has 3 heterocycles. The highest BCUT2D eigenvalue weighted by molar-refractivity contribution is 7.89. The molecular weight excluding hydrogens is 376 g/mol. The quantitative estimate of drug-likeness (QED) is 0.787. The number of anilines is 1. The van der Waals surface area contributed by atoms with E-state index in [2.05, 4.69) is 14.9 Å². The molecule has 0 bridgehead atoms. The lowest BCUT2D eigenvalue weighted by molar-refractivity contribution is 0.111. The number of aromatic nitrogens is 2. The van der Waals surface area contributed by atoms with Crippen LogP contribution in [0.1, 0.15) is 25.7 Å². The Hall–Kier alpha value is -2.19. The molecule has 2 atom stereocenters. The van der Waals surface area contributed by atoms with Gasteiger partial charge in [0.1, 0.15) is 16.7 Å². The van der Waals surface area contributed by atoms with Gasteiger partial charge in [-0.3, -0.25) is 0 Å². The molecule has 5 rings (SSSR count). The van der Waals surface area contributed by atoms with Crippen molar-refractivity contribution in [3.8, 4) is 5.75 Å². The summed E-state index contributed by atoms with van der Waals surface area (Å²) in [4.78, 5) is 11.2. The van der Waals surface area contributed by atoms with Gasteiger partial charge in [-0.2, -0.15) is 4.31 Å². The van der Waals surface area contributed by atoms with E-state index in [4.69, 9.17) is 4.74 Å². The average Bonchev–Trinajstić information content (AvgIpc) is 3.54. The van der Waals surface area contributed by atoms with Crippen LogP contribution in [-0.4, -0.2) is 54.5 Å². The lowest BCUT2D eigenvalue weighted by Gasteiger charge is -2.31. The molecule has 1 saturated heterocycles. The molecule has 1 aliphatic carbocycles. The Kier molecular flexibility index (Phi) is 4.47. The number of fused-ring (bicyclic) bond motifs is 2. The second-order valence-electron chi connectivity index (χ2n) is 7.80. The highest BCUT2D eigenvalue weighted by Crippen LogP contribution is 2.40. The number of hydrogen-bond acceptors (Lipinski definition) is 6. The van der Waals surface area contributed by atoms with E-state index in [1.807, 2.05) is 6.07 Å². The monoisotopic (exact) mass is 400 g/mol. The predicted octanol–water partition coefficient (Wildman–Crippen LogP) is 2.31. The molecule has 0 spiro atoms. The highest BCUT2D eigenvalue weighted by Gasteiger charge is 2.45. The van der Waals surface area contributed by atoms with Crippen molar-refractivity contribution >= 4 is 16.0 Å². The zero-order valence-corrected chi connectivity index (χ0v) is 16.5. The fourth-order valence-corrected chi connectivity index (χ4v) is 6.08. The van der Waals surface area contributed by atoms with Crippen LogP contribution in [0.25, 0.3) is 0 Å². The standard InChI is InChI=1S/C20H24N4O3S/c25-28(26)19-5-2-1-4-18(19)27-17-9-13-23(20-21-10-3-11-22-20)12-8-16(17)24(28)14-15-6-7-15/h1-5,10-11,15-17H,6-9,12-14H2/t16-,17-/m0/s1. The fraction of sp³-hybridized carbons (Fsp3) is 0.500. The van der Waals surface area contributed by atoms with Crippen molar-refractivity contribution in [2.45, 2.75) is 42.7 Å². The Morgan fingerprint density at radius 3 is 2.54 bits per heavy atom. The van der Waals surface area contributed by atoms with Crippen LogP contribution in [0.4, 0.5) is 5.95 Å². The zero-order chi connectivity index (χ0) is 19.1. The van der Waals surface area contributed by atoms with Crippen molar-refractivity contribution in [3.63, 3.8) is 0 Å². The van der Waals surface area contributed by atoms with Crippen LogP contribution < -0.4 is 9.64 Å². The third kappa shape index (κ3) is 3.24. The largest absolute Gasteiger partial charge is 0.487 e. The van der Waals surface area contributed by atoms with Crippen LogP contribution in [0.5, 0.6) is 5.75 Å². The van der Waals surface area contributed by atoms with Gasteiger partial charge in [0, 0.05) is 38.4 Å².